The zero-order valence-electron chi connectivity index (χ0n) is 12.7. The largest absolute Gasteiger partial charge is 0.329 e. The molecule has 106 valence electrons. The van der Waals surface area contributed by atoms with Crippen molar-refractivity contribution in [3.8, 4) is 0 Å². The van der Waals surface area contributed by atoms with Crippen molar-refractivity contribution in [2.24, 2.45) is 11.1 Å². The van der Waals surface area contributed by atoms with Gasteiger partial charge in [0.05, 0.1) is 0 Å². The predicted molar refractivity (Wildman–Crippen MR) is 82.2 cm³/mol. The highest BCUT2D eigenvalue weighted by molar-refractivity contribution is 5.29. The first-order valence-corrected chi connectivity index (χ1v) is 7.53. The van der Waals surface area contributed by atoms with Gasteiger partial charge >= 0.3 is 0 Å². The molecule has 2 N–H and O–H groups in total. The van der Waals surface area contributed by atoms with E-state index in [0.29, 0.717) is 18.0 Å². The van der Waals surface area contributed by atoms with Crippen LogP contribution in [0.2, 0.25) is 0 Å². The van der Waals surface area contributed by atoms with Gasteiger partial charge in [-0.2, -0.15) is 0 Å². The molecule has 1 aliphatic heterocycles. The topological polar surface area (TPSA) is 29.3 Å². The first kappa shape index (κ1) is 14.5. The van der Waals surface area contributed by atoms with Gasteiger partial charge < -0.3 is 5.73 Å². The van der Waals surface area contributed by atoms with Gasteiger partial charge in [0.25, 0.3) is 0 Å². The monoisotopic (exact) mass is 260 g/mol. The molecule has 0 aromatic heterocycles. The molecule has 1 fully saturated rings. The molecule has 0 amide bonds. The van der Waals surface area contributed by atoms with E-state index in [9.17, 15) is 0 Å². The molecule has 1 aliphatic rings. The lowest BCUT2D eigenvalue weighted by Crippen LogP contribution is -2.35. The quantitative estimate of drug-likeness (QED) is 0.901. The number of benzene rings is 1. The highest BCUT2D eigenvalue weighted by Crippen LogP contribution is 2.33. The normalized spacial score (nSPS) is 21.9. The van der Waals surface area contributed by atoms with Gasteiger partial charge in [-0.1, -0.05) is 38.1 Å². The van der Waals surface area contributed by atoms with E-state index in [2.05, 4.69) is 49.9 Å². The average Bonchev–Trinajstić information content (AvgIpc) is 2.54. The molecule has 2 heteroatoms. The molecule has 1 aromatic rings. The van der Waals surface area contributed by atoms with E-state index in [4.69, 9.17) is 5.73 Å². The minimum atomic E-state index is 0.384. The Bertz CT molecular complexity index is 411. The zero-order valence-corrected chi connectivity index (χ0v) is 12.7. The summed E-state index contributed by atoms with van der Waals surface area (Å²) in [5.41, 5.74) is 9.34. The number of nitrogens with two attached hydrogens (primary N) is 1. The van der Waals surface area contributed by atoms with Crippen LogP contribution in [0, 0.1) is 12.3 Å². The summed E-state index contributed by atoms with van der Waals surface area (Å²) >= 11 is 0. The fraction of sp³-hybridized carbons (Fsp3) is 0.647. The third-order valence-corrected chi connectivity index (χ3v) is 4.59. The van der Waals surface area contributed by atoms with Crippen molar-refractivity contribution in [3.05, 3.63) is 35.4 Å². The molecule has 2 rings (SSSR count). The van der Waals surface area contributed by atoms with Gasteiger partial charge in [-0.15, -0.1) is 0 Å². The van der Waals surface area contributed by atoms with Crippen LogP contribution in [0.4, 0.5) is 0 Å². The fourth-order valence-electron chi connectivity index (χ4n) is 3.19. The molecule has 0 saturated carbocycles. The van der Waals surface area contributed by atoms with Gasteiger partial charge in [0.15, 0.2) is 0 Å². The Hall–Kier alpha value is -0.860. The van der Waals surface area contributed by atoms with Gasteiger partial charge in [-0.25, -0.2) is 0 Å². The van der Waals surface area contributed by atoms with Crippen molar-refractivity contribution in [1.29, 1.82) is 0 Å². The summed E-state index contributed by atoms with van der Waals surface area (Å²) < 4.78 is 0. The van der Waals surface area contributed by atoms with Gasteiger partial charge in [0.2, 0.25) is 0 Å². The van der Waals surface area contributed by atoms with E-state index in [1.807, 2.05) is 0 Å². The number of nitrogens with zero attached hydrogens (tertiary/aromatic N) is 1. The third-order valence-electron chi connectivity index (χ3n) is 4.59. The van der Waals surface area contributed by atoms with E-state index >= 15 is 0 Å². The van der Waals surface area contributed by atoms with Crippen LogP contribution in [-0.4, -0.2) is 24.5 Å². The van der Waals surface area contributed by atoms with Gasteiger partial charge in [0, 0.05) is 12.6 Å². The lowest BCUT2D eigenvalue weighted by Gasteiger charge is -2.31. The summed E-state index contributed by atoms with van der Waals surface area (Å²) in [7, 11) is 0. The van der Waals surface area contributed by atoms with Crippen molar-refractivity contribution >= 4 is 0 Å². The molecule has 0 radical (unpaired) electrons. The second kappa shape index (κ2) is 6.06. The number of aryl methyl sites for hydroxylation is 1. The predicted octanol–water partition coefficient (Wildman–Crippen LogP) is 3.51. The number of likely N-dealkylation sites (tertiary alicyclic amines) is 1. The maximum absolute atomic E-state index is 6.08. The Labute approximate surface area is 118 Å². The van der Waals surface area contributed by atoms with Crippen LogP contribution >= 0.6 is 0 Å². The highest BCUT2D eigenvalue weighted by atomic mass is 15.2. The smallest absolute Gasteiger partial charge is 0.0473 e. The number of hydrogen-bond acceptors (Lipinski definition) is 2. The summed E-state index contributed by atoms with van der Waals surface area (Å²) in [5, 5.41) is 0. The lowest BCUT2D eigenvalue weighted by atomic mass is 9.85. The SMILES string of the molecule is Cc1ccccc1C(CN)N1CCCC(C)(C)CC1. The first-order chi connectivity index (χ1) is 9.03. The molecule has 1 unspecified atom stereocenters. The van der Waals surface area contributed by atoms with Gasteiger partial charge in [-0.05, 0) is 55.8 Å². The second-order valence-electron chi connectivity index (χ2n) is 6.66. The van der Waals surface area contributed by atoms with E-state index in [0.717, 1.165) is 0 Å². The van der Waals surface area contributed by atoms with E-state index < -0.39 is 0 Å². The Morgan fingerprint density at radius 1 is 1.21 bits per heavy atom. The minimum absolute atomic E-state index is 0.384. The van der Waals surface area contributed by atoms with Crippen molar-refractivity contribution in [3.63, 3.8) is 0 Å². The van der Waals surface area contributed by atoms with Gasteiger partial charge in [0.1, 0.15) is 0 Å². The first-order valence-electron chi connectivity index (χ1n) is 7.53. The third kappa shape index (κ3) is 3.58. The minimum Gasteiger partial charge on any atom is -0.329 e. The molecule has 1 aromatic carbocycles. The van der Waals surface area contributed by atoms with Crippen molar-refractivity contribution < 1.29 is 0 Å². The van der Waals surface area contributed by atoms with Crippen LogP contribution in [0.5, 0.6) is 0 Å². The Balaban J connectivity index is 2.16. The van der Waals surface area contributed by atoms with Crippen molar-refractivity contribution in [2.45, 2.75) is 46.1 Å². The lowest BCUT2D eigenvalue weighted by molar-refractivity contribution is 0.199. The Kier molecular flexibility index (Phi) is 4.64. The summed E-state index contributed by atoms with van der Waals surface area (Å²) in [4.78, 5) is 2.59. The number of rotatable bonds is 3. The van der Waals surface area contributed by atoms with Crippen LogP contribution in [-0.2, 0) is 0 Å². The molecule has 2 nitrogen and oxygen atoms in total. The molecule has 0 aliphatic carbocycles. The fourth-order valence-corrected chi connectivity index (χ4v) is 3.19. The Morgan fingerprint density at radius 3 is 2.63 bits per heavy atom. The molecular weight excluding hydrogens is 232 g/mol. The van der Waals surface area contributed by atoms with Crippen LogP contribution < -0.4 is 5.73 Å². The summed E-state index contributed by atoms with van der Waals surface area (Å²) in [6, 6.07) is 9.06. The summed E-state index contributed by atoms with van der Waals surface area (Å²) in [6.45, 7) is 10.0. The van der Waals surface area contributed by atoms with E-state index in [1.54, 1.807) is 0 Å². The maximum atomic E-state index is 6.08. The van der Waals surface area contributed by atoms with Crippen LogP contribution in [0.3, 0.4) is 0 Å². The maximum Gasteiger partial charge on any atom is 0.0473 e. The van der Waals surface area contributed by atoms with Crippen LogP contribution in [0.1, 0.15) is 50.3 Å². The van der Waals surface area contributed by atoms with Crippen molar-refractivity contribution in [1.82, 2.24) is 4.90 Å². The summed E-state index contributed by atoms with van der Waals surface area (Å²) in [5.74, 6) is 0. The van der Waals surface area contributed by atoms with E-state index in [-0.39, 0.29) is 0 Å². The second-order valence-corrected chi connectivity index (χ2v) is 6.66. The molecule has 1 saturated heterocycles. The number of hydrogen-bond donors (Lipinski definition) is 1. The van der Waals surface area contributed by atoms with E-state index in [1.165, 1.54) is 43.5 Å². The molecular formula is C17H28N2. The molecule has 19 heavy (non-hydrogen) atoms. The molecule has 1 heterocycles. The van der Waals surface area contributed by atoms with Gasteiger partial charge in [-0.3, -0.25) is 4.90 Å². The average molecular weight is 260 g/mol. The standard InChI is InChI=1S/C17H28N2/c1-14-7-4-5-8-15(14)16(13-18)19-11-6-9-17(2,3)10-12-19/h4-5,7-8,16H,6,9-13,18H2,1-3H3. The Morgan fingerprint density at radius 2 is 1.95 bits per heavy atom. The molecule has 1 atom stereocenters. The molecule has 0 spiro atoms. The van der Waals surface area contributed by atoms with Crippen LogP contribution in [0.15, 0.2) is 24.3 Å². The zero-order chi connectivity index (χ0) is 13.9. The highest BCUT2D eigenvalue weighted by Gasteiger charge is 2.27. The van der Waals surface area contributed by atoms with Crippen LogP contribution in [0.25, 0.3) is 0 Å². The van der Waals surface area contributed by atoms with Crippen molar-refractivity contribution in [2.75, 3.05) is 19.6 Å². The molecule has 0 bridgehead atoms. The summed E-state index contributed by atoms with van der Waals surface area (Å²) in [6.07, 6.45) is 3.89.